The molecule has 0 radical (unpaired) electrons. The number of fused-ring (bicyclic) bond motifs is 2. The van der Waals surface area contributed by atoms with Crippen LogP contribution in [0.2, 0.25) is 0 Å². The van der Waals surface area contributed by atoms with Crippen LogP contribution in [-0.4, -0.2) is 89.1 Å². The van der Waals surface area contributed by atoms with Crippen molar-refractivity contribution < 1.29 is 24.2 Å². The molecule has 0 unspecified atom stereocenters. The van der Waals surface area contributed by atoms with Gasteiger partial charge >= 0.3 is 0 Å². The van der Waals surface area contributed by atoms with Crippen LogP contribution in [0.15, 0.2) is 36.8 Å². The number of carbonyl (C=O) groups excluding carboxylic acids is 2. The molecule has 0 spiro atoms. The Morgan fingerprint density at radius 2 is 2.03 bits per heavy atom. The van der Waals surface area contributed by atoms with Crippen LogP contribution in [-0.2, 0) is 16.0 Å². The minimum absolute atomic E-state index is 0.0266. The maximum atomic E-state index is 13.3. The Morgan fingerprint density at radius 3 is 2.77 bits per heavy atom. The average molecular weight is 479 g/mol. The van der Waals surface area contributed by atoms with E-state index >= 15 is 0 Å². The third-order valence-corrected chi connectivity index (χ3v) is 6.90. The van der Waals surface area contributed by atoms with Gasteiger partial charge in [-0.3, -0.25) is 9.59 Å². The summed E-state index contributed by atoms with van der Waals surface area (Å²) in [5.41, 5.74) is 3.31. The van der Waals surface area contributed by atoms with Crippen molar-refractivity contribution in [2.45, 2.75) is 6.54 Å². The smallest absolute Gasteiger partial charge is 0.261 e. The first-order valence-electron chi connectivity index (χ1n) is 11.6. The Bertz CT molecular complexity index is 1290. The molecule has 0 bridgehead atoms. The summed E-state index contributed by atoms with van der Waals surface area (Å²) in [6.07, 6.45) is 4.86. The fourth-order valence-electron chi connectivity index (χ4n) is 4.91. The number of nitrogens with one attached hydrogen (secondary N) is 1. The highest BCUT2D eigenvalue weighted by Gasteiger charge is 2.43. The molecule has 0 saturated carbocycles. The molecule has 11 heteroatoms. The normalized spacial score (nSPS) is 19.1. The molecular weight excluding hydrogens is 452 g/mol. The Labute approximate surface area is 201 Å². The van der Waals surface area contributed by atoms with Gasteiger partial charge in [-0.1, -0.05) is 0 Å². The van der Waals surface area contributed by atoms with Gasteiger partial charge in [-0.25, -0.2) is 9.50 Å². The summed E-state index contributed by atoms with van der Waals surface area (Å²) >= 11 is 0. The minimum Gasteiger partial charge on any atom is -0.396 e. The fourth-order valence-corrected chi connectivity index (χ4v) is 4.91. The quantitative estimate of drug-likeness (QED) is 0.533. The number of ether oxygens (including phenoxy) is 2. The number of aliphatic hydroxyl groups excluding tert-OH is 1. The molecule has 2 saturated heterocycles. The number of rotatable bonds is 6. The highest BCUT2D eigenvalue weighted by molar-refractivity contribution is 6.10. The molecule has 2 aromatic heterocycles. The number of benzene rings is 1. The van der Waals surface area contributed by atoms with Crippen molar-refractivity contribution in [1.82, 2.24) is 19.5 Å². The van der Waals surface area contributed by atoms with Gasteiger partial charge in [0, 0.05) is 44.1 Å². The summed E-state index contributed by atoms with van der Waals surface area (Å²) in [7, 11) is 0. The second-order valence-corrected chi connectivity index (χ2v) is 9.34. The maximum Gasteiger partial charge on any atom is 0.261 e. The van der Waals surface area contributed by atoms with E-state index in [0.29, 0.717) is 75.1 Å². The number of hydrogen-bond acceptors (Lipinski definition) is 8. The molecule has 35 heavy (non-hydrogen) atoms. The molecule has 182 valence electrons. The van der Waals surface area contributed by atoms with E-state index in [0.717, 1.165) is 11.3 Å². The van der Waals surface area contributed by atoms with Gasteiger partial charge in [-0.05, 0) is 23.8 Å². The molecule has 3 aliphatic heterocycles. The predicted molar refractivity (Wildman–Crippen MR) is 125 cm³/mol. The molecule has 3 aromatic rings. The summed E-state index contributed by atoms with van der Waals surface area (Å²) in [4.78, 5) is 34.7. The zero-order valence-electron chi connectivity index (χ0n) is 19.1. The standard InChI is InChI=1S/C24H26N6O5/c31-13-24(14-35-15-24)12-29-11-16-8-19(20(9-17(16)23(29)33)28-4-6-34-7-5-28)27-22(32)18-10-26-30-3-1-2-25-21(18)30/h1-3,8-10,31H,4-7,11-15H2,(H,27,32). The lowest BCUT2D eigenvalue weighted by molar-refractivity contribution is -0.144. The highest BCUT2D eigenvalue weighted by atomic mass is 16.5. The minimum atomic E-state index is -0.404. The number of carbonyl (C=O) groups is 2. The first-order valence-corrected chi connectivity index (χ1v) is 11.6. The zero-order valence-corrected chi connectivity index (χ0v) is 19.1. The van der Waals surface area contributed by atoms with Gasteiger partial charge < -0.3 is 29.7 Å². The Kier molecular flexibility index (Phi) is 5.39. The average Bonchev–Trinajstić information content (AvgIpc) is 3.42. The predicted octanol–water partition coefficient (Wildman–Crippen LogP) is 0.783. The summed E-state index contributed by atoms with van der Waals surface area (Å²) < 4.78 is 12.4. The van der Waals surface area contributed by atoms with Crippen molar-refractivity contribution in [3.05, 3.63) is 53.5 Å². The van der Waals surface area contributed by atoms with Crippen LogP contribution in [0.5, 0.6) is 0 Å². The Balaban J connectivity index is 1.33. The Morgan fingerprint density at radius 1 is 1.20 bits per heavy atom. The lowest BCUT2D eigenvalue weighted by atomic mass is 9.86. The van der Waals surface area contributed by atoms with Gasteiger partial charge in [-0.15, -0.1) is 0 Å². The summed E-state index contributed by atoms with van der Waals surface area (Å²) in [5, 5.41) is 17.1. The third kappa shape index (κ3) is 3.81. The number of morpholine rings is 1. The molecule has 0 atom stereocenters. The lowest BCUT2D eigenvalue weighted by Crippen LogP contribution is -2.53. The van der Waals surface area contributed by atoms with Crippen LogP contribution in [0, 0.1) is 5.41 Å². The van der Waals surface area contributed by atoms with E-state index in [4.69, 9.17) is 9.47 Å². The van der Waals surface area contributed by atoms with Gasteiger partial charge in [-0.2, -0.15) is 5.10 Å². The van der Waals surface area contributed by atoms with Crippen molar-refractivity contribution in [2.75, 3.05) is 62.9 Å². The SMILES string of the molecule is O=C(Nc1cc2c(cc1N1CCOCC1)C(=O)N(CC1(CO)COC1)C2)c1cnn2cccnc12. The van der Waals surface area contributed by atoms with E-state index in [1.54, 1.807) is 27.9 Å². The van der Waals surface area contributed by atoms with Crippen molar-refractivity contribution in [3.63, 3.8) is 0 Å². The highest BCUT2D eigenvalue weighted by Crippen LogP contribution is 2.37. The van der Waals surface area contributed by atoms with Gasteiger partial charge in [0.2, 0.25) is 0 Å². The van der Waals surface area contributed by atoms with E-state index in [9.17, 15) is 14.7 Å². The number of aromatic nitrogens is 3. The van der Waals surface area contributed by atoms with Crippen molar-refractivity contribution in [3.8, 4) is 0 Å². The molecule has 3 aliphatic rings. The molecule has 1 aromatic carbocycles. The topological polar surface area (TPSA) is 122 Å². The summed E-state index contributed by atoms with van der Waals surface area (Å²) in [6, 6.07) is 5.51. The van der Waals surface area contributed by atoms with Crippen molar-refractivity contribution in [2.24, 2.45) is 5.41 Å². The molecule has 2 fully saturated rings. The van der Waals surface area contributed by atoms with Gasteiger partial charge in [0.1, 0.15) is 5.56 Å². The van der Waals surface area contributed by atoms with E-state index < -0.39 is 5.41 Å². The Hall–Kier alpha value is -3.54. The number of nitrogens with zero attached hydrogens (tertiary/aromatic N) is 5. The fraction of sp³-hybridized carbons (Fsp3) is 0.417. The van der Waals surface area contributed by atoms with Crippen LogP contribution in [0.4, 0.5) is 11.4 Å². The lowest BCUT2D eigenvalue weighted by Gasteiger charge is -2.42. The number of aliphatic hydroxyl groups is 1. The summed E-state index contributed by atoms with van der Waals surface area (Å²) in [6.45, 7) is 4.16. The third-order valence-electron chi connectivity index (χ3n) is 6.90. The maximum absolute atomic E-state index is 13.3. The van der Waals surface area contributed by atoms with Gasteiger partial charge in [0.25, 0.3) is 11.8 Å². The van der Waals surface area contributed by atoms with E-state index in [1.165, 1.54) is 6.20 Å². The second kappa shape index (κ2) is 8.59. The zero-order chi connectivity index (χ0) is 24.0. The molecule has 6 rings (SSSR count). The molecule has 5 heterocycles. The van der Waals surface area contributed by atoms with Crippen molar-refractivity contribution >= 4 is 28.8 Å². The van der Waals surface area contributed by atoms with Crippen molar-refractivity contribution in [1.29, 1.82) is 0 Å². The van der Waals surface area contributed by atoms with Crippen LogP contribution in [0.1, 0.15) is 26.3 Å². The van der Waals surface area contributed by atoms with Crippen LogP contribution in [0.3, 0.4) is 0 Å². The van der Waals surface area contributed by atoms with E-state index in [2.05, 4.69) is 20.3 Å². The van der Waals surface area contributed by atoms with Gasteiger partial charge in [0.15, 0.2) is 5.65 Å². The largest absolute Gasteiger partial charge is 0.396 e. The van der Waals surface area contributed by atoms with Gasteiger partial charge in [0.05, 0.1) is 56.0 Å². The van der Waals surface area contributed by atoms with Crippen LogP contribution < -0.4 is 10.2 Å². The van der Waals surface area contributed by atoms with Crippen LogP contribution in [0.25, 0.3) is 5.65 Å². The number of amides is 2. The summed E-state index contributed by atoms with van der Waals surface area (Å²) in [5.74, 6) is -0.390. The molecule has 11 nitrogen and oxygen atoms in total. The molecular formula is C24H26N6O5. The molecule has 0 aliphatic carbocycles. The van der Waals surface area contributed by atoms with E-state index in [-0.39, 0.29) is 18.4 Å². The number of anilines is 2. The first-order chi connectivity index (χ1) is 17.1. The molecule has 2 N–H and O–H groups in total. The first kappa shape index (κ1) is 22.0. The molecule has 2 amide bonds. The second-order valence-electron chi connectivity index (χ2n) is 9.34. The van der Waals surface area contributed by atoms with Crippen LogP contribution >= 0.6 is 0 Å². The number of hydrogen-bond donors (Lipinski definition) is 2. The monoisotopic (exact) mass is 478 g/mol. The van der Waals surface area contributed by atoms with E-state index in [1.807, 2.05) is 12.1 Å².